The molecule has 0 aliphatic rings. The van der Waals surface area contributed by atoms with E-state index in [4.69, 9.17) is 0 Å². The Morgan fingerprint density at radius 2 is 1.71 bits per heavy atom. The summed E-state index contributed by atoms with van der Waals surface area (Å²) in [5.74, 6) is 0. The molecule has 0 saturated heterocycles. The number of pyridine rings is 2. The van der Waals surface area contributed by atoms with E-state index in [0.717, 1.165) is 22.2 Å². The summed E-state index contributed by atoms with van der Waals surface area (Å²) >= 11 is 0. The molecule has 0 aliphatic carbocycles. The molecule has 0 spiro atoms. The van der Waals surface area contributed by atoms with Crippen molar-refractivity contribution in [1.82, 2.24) is 9.97 Å². The Morgan fingerprint density at radius 3 is 2.43 bits per heavy atom. The number of benzene rings is 1. The second-order valence-electron chi connectivity index (χ2n) is 4.53. The van der Waals surface area contributed by atoms with Gasteiger partial charge in [0.25, 0.3) is 0 Å². The summed E-state index contributed by atoms with van der Waals surface area (Å²) in [5, 5.41) is 11.5. The van der Waals surface area contributed by atoms with E-state index in [1.165, 1.54) is 0 Å². The monoisotopic (exact) mass is 322 g/mol. The van der Waals surface area contributed by atoms with Gasteiger partial charge in [-0.05, 0) is 36.8 Å². The first-order chi connectivity index (χ1) is 9.25. The number of halogens is 2. The van der Waals surface area contributed by atoms with E-state index in [1.807, 2.05) is 55.5 Å². The smallest absolute Gasteiger partial charge is 0.122 e. The Morgan fingerprint density at radius 1 is 1.00 bits per heavy atom. The van der Waals surface area contributed by atoms with Crippen LogP contribution in [0.2, 0.25) is 0 Å². The van der Waals surface area contributed by atoms with E-state index in [0.29, 0.717) is 5.69 Å². The average Bonchev–Trinajstić information content (AvgIpc) is 2.46. The maximum Gasteiger partial charge on any atom is 0.122 e. The second kappa shape index (κ2) is 7.36. The van der Waals surface area contributed by atoms with Gasteiger partial charge < -0.3 is 5.11 Å². The number of aromatic nitrogens is 2. The number of aliphatic hydroxyl groups excluding tert-OH is 1. The van der Waals surface area contributed by atoms with Crippen LogP contribution < -0.4 is 0 Å². The van der Waals surface area contributed by atoms with Crippen molar-refractivity contribution >= 4 is 35.7 Å². The van der Waals surface area contributed by atoms with E-state index in [1.54, 1.807) is 6.20 Å². The van der Waals surface area contributed by atoms with Crippen molar-refractivity contribution < 1.29 is 5.11 Å². The minimum absolute atomic E-state index is 0. The second-order valence-corrected chi connectivity index (χ2v) is 4.53. The number of fused-ring (bicyclic) bond motifs is 1. The van der Waals surface area contributed by atoms with Gasteiger partial charge in [0.1, 0.15) is 6.10 Å². The van der Waals surface area contributed by atoms with Crippen LogP contribution in [-0.4, -0.2) is 15.1 Å². The summed E-state index contributed by atoms with van der Waals surface area (Å²) in [4.78, 5) is 8.70. The maximum absolute atomic E-state index is 10.5. The molecule has 3 rings (SSSR count). The van der Waals surface area contributed by atoms with Gasteiger partial charge in [-0.3, -0.25) is 9.97 Å². The summed E-state index contributed by atoms with van der Waals surface area (Å²) in [6, 6.07) is 15.3. The number of aliphatic hydroxyl groups is 1. The van der Waals surface area contributed by atoms with Gasteiger partial charge in [0.05, 0.1) is 11.2 Å². The van der Waals surface area contributed by atoms with Crippen molar-refractivity contribution in [2.45, 2.75) is 13.0 Å². The van der Waals surface area contributed by atoms with Crippen molar-refractivity contribution in [2.75, 3.05) is 0 Å². The molecule has 0 amide bonds. The molecule has 2 aromatic heterocycles. The van der Waals surface area contributed by atoms with Crippen LogP contribution in [0.5, 0.6) is 0 Å². The van der Waals surface area contributed by atoms with Crippen LogP contribution in [0.1, 0.15) is 23.1 Å². The molecule has 110 valence electrons. The molecular formula is C16H16Cl2N2O. The first-order valence-electron chi connectivity index (χ1n) is 6.21. The quantitative estimate of drug-likeness (QED) is 0.779. The van der Waals surface area contributed by atoms with E-state index in [2.05, 4.69) is 9.97 Å². The molecule has 0 bridgehead atoms. The predicted octanol–water partition coefficient (Wildman–Crippen LogP) is 3.86. The number of hydrogen-bond donors (Lipinski definition) is 1. The zero-order valence-corrected chi connectivity index (χ0v) is 13.1. The van der Waals surface area contributed by atoms with Gasteiger partial charge in [-0.1, -0.05) is 24.3 Å². The Kier molecular flexibility index (Phi) is 6.09. The fourth-order valence-corrected chi connectivity index (χ4v) is 2.26. The Labute approximate surface area is 135 Å². The molecule has 0 saturated carbocycles. The lowest BCUT2D eigenvalue weighted by Crippen LogP contribution is -2.04. The average molecular weight is 323 g/mol. The Bertz CT molecular complexity index is 720. The van der Waals surface area contributed by atoms with Crippen molar-refractivity contribution in [3.8, 4) is 0 Å². The molecule has 0 radical (unpaired) electrons. The van der Waals surface area contributed by atoms with Crippen LogP contribution in [0.3, 0.4) is 0 Å². The van der Waals surface area contributed by atoms with E-state index >= 15 is 0 Å². The highest BCUT2D eigenvalue weighted by Crippen LogP contribution is 2.27. The van der Waals surface area contributed by atoms with Crippen LogP contribution in [0.25, 0.3) is 10.9 Å². The molecule has 1 N–H and O–H groups in total. The molecule has 2 heterocycles. The fourth-order valence-electron chi connectivity index (χ4n) is 2.26. The molecule has 1 atom stereocenters. The summed E-state index contributed by atoms with van der Waals surface area (Å²) < 4.78 is 0. The fraction of sp³-hybridized carbons (Fsp3) is 0.125. The standard InChI is InChI=1S/C16H14N2O.2ClH/c1-11-10-13(12-6-2-3-7-14(12)18-11)16(19)15-8-4-5-9-17-15;;/h2-10,16,19H,1H3;2*1H. The number of aryl methyl sites for hydroxylation is 1. The minimum Gasteiger partial charge on any atom is -0.382 e. The van der Waals surface area contributed by atoms with Gasteiger partial charge in [0.2, 0.25) is 0 Å². The van der Waals surface area contributed by atoms with Crippen LogP contribution in [0.15, 0.2) is 54.7 Å². The van der Waals surface area contributed by atoms with Crippen LogP contribution in [0, 0.1) is 6.92 Å². The van der Waals surface area contributed by atoms with Crippen molar-refractivity contribution in [3.63, 3.8) is 0 Å². The number of hydrogen-bond acceptors (Lipinski definition) is 3. The number of para-hydroxylation sites is 1. The van der Waals surface area contributed by atoms with E-state index in [9.17, 15) is 5.11 Å². The van der Waals surface area contributed by atoms with Gasteiger partial charge >= 0.3 is 0 Å². The summed E-state index contributed by atoms with van der Waals surface area (Å²) in [6.07, 6.45) is 0.960. The molecular weight excluding hydrogens is 307 g/mol. The lowest BCUT2D eigenvalue weighted by Gasteiger charge is -2.14. The Balaban J connectivity index is 0.00000110. The summed E-state index contributed by atoms with van der Waals surface area (Å²) in [7, 11) is 0. The molecule has 3 aromatic rings. The zero-order valence-electron chi connectivity index (χ0n) is 11.4. The highest BCUT2D eigenvalue weighted by atomic mass is 35.5. The molecule has 5 heteroatoms. The molecule has 0 fully saturated rings. The third kappa shape index (κ3) is 3.50. The van der Waals surface area contributed by atoms with Gasteiger partial charge in [0.15, 0.2) is 0 Å². The molecule has 1 aromatic carbocycles. The number of rotatable bonds is 2. The first kappa shape index (κ1) is 17.4. The predicted molar refractivity (Wildman–Crippen MR) is 89.3 cm³/mol. The first-order valence-corrected chi connectivity index (χ1v) is 6.21. The van der Waals surface area contributed by atoms with Gasteiger partial charge in [-0.2, -0.15) is 0 Å². The topological polar surface area (TPSA) is 46.0 Å². The van der Waals surface area contributed by atoms with Gasteiger partial charge in [-0.15, -0.1) is 24.8 Å². The summed E-state index contributed by atoms with van der Waals surface area (Å²) in [6.45, 7) is 1.93. The normalized spacial score (nSPS) is 11.3. The number of nitrogens with zero attached hydrogens (tertiary/aromatic N) is 2. The largest absolute Gasteiger partial charge is 0.382 e. The minimum atomic E-state index is -0.729. The Hall–Kier alpha value is -1.68. The third-order valence-electron chi connectivity index (χ3n) is 3.14. The van der Waals surface area contributed by atoms with Crippen molar-refractivity contribution in [1.29, 1.82) is 0 Å². The van der Waals surface area contributed by atoms with Crippen LogP contribution in [0.4, 0.5) is 0 Å². The lowest BCUT2D eigenvalue weighted by atomic mass is 10.0. The summed E-state index contributed by atoms with van der Waals surface area (Å²) in [5.41, 5.74) is 3.29. The highest BCUT2D eigenvalue weighted by molar-refractivity contribution is 5.85. The SMILES string of the molecule is Cc1cc(C(O)c2ccccn2)c2ccccc2n1.Cl.Cl. The van der Waals surface area contributed by atoms with E-state index in [-0.39, 0.29) is 24.8 Å². The molecule has 1 unspecified atom stereocenters. The molecule has 3 nitrogen and oxygen atoms in total. The van der Waals surface area contributed by atoms with Gasteiger partial charge in [0, 0.05) is 17.3 Å². The van der Waals surface area contributed by atoms with E-state index < -0.39 is 6.10 Å². The van der Waals surface area contributed by atoms with Crippen molar-refractivity contribution in [2.24, 2.45) is 0 Å². The third-order valence-corrected chi connectivity index (χ3v) is 3.14. The zero-order chi connectivity index (χ0) is 13.2. The molecule has 0 aliphatic heterocycles. The van der Waals surface area contributed by atoms with Gasteiger partial charge in [-0.25, -0.2) is 0 Å². The highest BCUT2D eigenvalue weighted by Gasteiger charge is 2.15. The van der Waals surface area contributed by atoms with Crippen LogP contribution in [-0.2, 0) is 0 Å². The maximum atomic E-state index is 10.5. The molecule has 21 heavy (non-hydrogen) atoms. The van der Waals surface area contributed by atoms with Crippen LogP contribution >= 0.6 is 24.8 Å². The lowest BCUT2D eigenvalue weighted by molar-refractivity contribution is 0.217. The van der Waals surface area contributed by atoms with Crippen molar-refractivity contribution in [3.05, 3.63) is 71.7 Å².